The van der Waals surface area contributed by atoms with Gasteiger partial charge >= 0.3 is 0 Å². The zero-order valence-corrected chi connectivity index (χ0v) is 17.3. The molecule has 0 aliphatic carbocycles. The van der Waals surface area contributed by atoms with Crippen LogP contribution in [0.5, 0.6) is 0 Å². The second kappa shape index (κ2) is 7.24. The fourth-order valence-electron chi connectivity index (χ4n) is 3.91. The molecule has 0 unspecified atom stereocenters. The molecule has 0 spiro atoms. The minimum atomic E-state index is 0.336. The topological polar surface area (TPSA) is 38.9 Å². The van der Waals surface area contributed by atoms with Crippen molar-refractivity contribution in [1.82, 2.24) is 24.2 Å². The predicted octanol–water partition coefficient (Wildman–Crippen LogP) is 5.12. The van der Waals surface area contributed by atoms with Crippen LogP contribution in [0.15, 0.2) is 54.9 Å². The second-order valence-electron chi connectivity index (χ2n) is 7.20. The van der Waals surface area contributed by atoms with Gasteiger partial charge in [-0.05, 0) is 55.7 Å². The molecular weight excluding hydrogens is 386 g/mol. The van der Waals surface area contributed by atoms with Crippen molar-refractivity contribution < 1.29 is 0 Å². The number of rotatable bonds is 4. The van der Waals surface area contributed by atoms with Crippen LogP contribution >= 0.6 is 23.6 Å². The van der Waals surface area contributed by atoms with E-state index in [1.165, 1.54) is 21.7 Å². The first-order valence-corrected chi connectivity index (χ1v) is 10.7. The van der Waals surface area contributed by atoms with Gasteiger partial charge in [0.1, 0.15) is 11.3 Å². The third-order valence-electron chi connectivity index (χ3n) is 5.38. The van der Waals surface area contributed by atoms with Gasteiger partial charge in [0.2, 0.25) is 4.77 Å². The van der Waals surface area contributed by atoms with Crippen LogP contribution in [0, 0.1) is 11.7 Å². The molecule has 0 saturated carbocycles. The number of thiazole rings is 1. The van der Waals surface area contributed by atoms with Gasteiger partial charge in [-0.2, -0.15) is 5.10 Å². The summed E-state index contributed by atoms with van der Waals surface area (Å²) in [6.45, 7) is 3.83. The van der Waals surface area contributed by atoms with E-state index in [4.69, 9.17) is 17.2 Å². The number of benzene rings is 2. The van der Waals surface area contributed by atoms with E-state index in [1.807, 2.05) is 27.7 Å². The molecular formula is C21H21N5S2. The molecule has 1 aliphatic heterocycles. The zero-order chi connectivity index (χ0) is 19.1. The summed E-state index contributed by atoms with van der Waals surface area (Å²) in [5.74, 6) is 0. The molecule has 3 heterocycles. The largest absolute Gasteiger partial charge is 0.275 e. The van der Waals surface area contributed by atoms with Crippen LogP contribution in [-0.4, -0.2) is 30.8 Å². The number of likely N-dealkylation sites (tertiary alicyclic amines) is 1. The summed E-state index contributed by atoms with van der Waals surface area (Å²) in [6.07, 6.45) is 4.13. The van der Waals surface area contributed by atoms with Crippen molar-refractivity contribution >= 4 is 33.8 Å². The molecule has 2 aromatic heterocycles. The number of fused-ring (bicyclic) bond motifs is 1. The number of hydrogen-bond donors (Lipinski definition) is 0. The van der Waals surface area contributed by atoms with E-state index in [0.717, 1.165) is 28.9 Å². The van der Waals surface area contributed by atoms with Crippen molar-refractivity contribution in [3.63, 3.8) is 0 Å². The summed E-state index contributed by atoms with van der Waals surface area (Å²) in [5.41, 5.74) is 3.37. The monoisotopic (exact) mass is 407 g/mol. The molecule has 28 heavy (non-hydrogen) atoms. The van der Waals surface area contributed by atoms with Crippen molar-refractivity contribution in [3.05, 3.63) is 70.2 Å². The highest BCUT2D eigenvalue weighted by Crippen LogP contribution is 2.36. The van der Waals surface area contributed by atoms with Crippen LogP contribution in [0.25, 0.3) is 15.9 Å². The molecule has 4 aromatic rings. The van der Waals surface area contributed by atoms with Crippen molar-refractivity contribution in [1.29, 1.82) is 0 Å². The Morgan fingerprint density at radius 1 is 1.14 bits per heavy atom. The Hall–Kier alpha value is -2.35. The Bertz CT molecular complexity index is 1160. The van der Waals surface area contributed by atoms with Crippen LogP contribution in [0.1, 0.15) is 29.5 Å². The highest BCUT2D eigenvalue weighted by atomic mass is 32.1. The number of aryl methyl sites for hydroxylation is 1. The lowest BCUT2D eigenvalue weighted by Gasteiger charge is -2.22. The van der Waals surface area contributed by atoms with Gasteiger partial charge in [-0.15, -0.1) is 11.3 Å². The molecule has 0 radical (unpaired) electrons. The standard InChI is InChI=1S/C21H21N5S2/c1-15-7-2-4-9-17(15)25-13-22-26(21(25)27)14-24-12-6-10-18(24)20-23-16-8-3-5-11-19(16)28-20/h2-5,7-9,11,13,18H,6,10,12,14H2,1H3/t18-/m1/s1. The van der Waals surface area contributed by atoms with Gasteiger partial charge in [0, 0.05) is 6.54 Å². The van der Waals surface area contributed by atoms with Crippen LogP contribution in [0.4, 0.5) is 0 Å². The number of para-hydroxylation sites is 2. The minimum absolute atomic E-state index is 0.336. The van der Waals surface area contributed by atoms with Crippen LogP contribution < -0.4 is 0 Å². The molecule has 1 fully saturated rings. The highest BCUT2D eigenvalue weighted by molar-refractivity contribution is 7.71. The van der Waals surface area contributed by atoms with Crippen LogP contribution in [0.2, 0.25) is 0 Å². The average molecular weight is 408 g/mol. The van der Waals surface area contributed by atoms with Gasteiger partial charge in [0.25, 0.3) is 0 Å². The Balaban J connectivity index is 1.43. The third kappa shape index (κ3) is 3.09. The van der Waals surface area contributed by atoms with E-state index in [0.29, 0.717) is 12.7 Å². The fraction of sp³-hybridized carbons (Fsp3) is 0.286. The van der Waals surface area contributed by atoms with Crippen LogP contribution in [0.3, 0.4) is 0 Å². The normalized spacial score (nSPS) is 17.5. The highest BCUT2D eigenvalue weighted by Gasteiger charge is 2.29. The quantitative estimate of drug-likeness (QED) is 0.440. The molecule has 5 nitrogen and oxygen atoms in total. The number of aromatic nitrogens is 4. The molecule has 1 aliphatic rings. The van der Waals surface area contributed by atoms with Gasteiger partial charge < -0.3 is 0 Å². The second-order valence-corrected chi connectivity index (χ2v) is 8.63. The molecule has 0 amide bonds. The molecule has 0 N–H and O–H groups in total. The Kier molecular flexibility index (Phi) is 4.58. The van der Waals surface area contributed by atoms with Crippen molar-refractivity contribution in [2.75, 3.05) is 6.54 Å². The number of nitrogens with zero attached hydrogens (tertiary/aromatic N) is 5. The molecule has 1 atom stereocenters. The van der Waals surface area contributed by atoms with Gasteiger partial charge in [-0.1, -0.05) is 30.3 Å². The molecule has 7 heteroatoms. The third-order valence-corrected chi connectivity index (χ3v) is 6.93. The lowest BCUT2D eigenvalue weighted by Crippen LogP contribution is -2.27. The Morgan fingerprint density at radius 2 is 1.96 bits per heavy atom. The van der Waals surface area contributed by atoms with E-state index >= 15 is 0 Å². The van der Waals surface area contributed by atoms with Gasteiger partial charge in [-0.25, -0.2) is 9.67 Å². The predicted molar refractivity (Wildman–Crippen MR) is 115 cm³/mol. The Morgan fingerprint density at radius 3 is 2.82 bits per heavy atom. The van der Waals surface area contributed by atoms with E-state index in [-0.39, 0.29) is 0 Å². The Labute approximate surface area is 172 Å². The summed E-state index contributed by atoms with van der Waals surface area (Å²) in [5, 5.41) is 5.78. The first-order chi connectivity index (χ1) is 13.7. The maximum absolute atomic E-state index is 5.73. The first-order valence-electron chi connectivity index (χ1n) is 9.51. The molecule has 1 saturated heterocycles. The maximum atomic E-state index is 5.73. The molecule has 142 valence electrons. The number of hydrogen-bond acceptors (Lipinski definition) is 5. The summed E-state index contributed by atoms with van der Waals surface area (Å²) in [4.78, 5) is 7.34. The smallest absolute Gasteiger partial charge is 0.203 e. The lowest BCUT2D eigenvalue weighted by molar-refractivity contribution is 0.190. The van der Waals surface area contributed by atoms with E-state index in [1.54, 1.807) is 11.3 Å². The zero-order valence-electron chi connectivity index (χ0n) is 15.7. The van der Waals surface area contributed by atoms with Crippen molar-refractivity contribution in [2.24, 2.45) is 0 Å². The first kappa shape index (κ1) is 17.7. The van der Waals surface area contributed by atoms with Crippen LogP contribution in [-0.2, 0) is 6.67 Å². The summed E-state index contributed by atoms with van der Waals surface area (Å²) in [6, 6.07) is 17.0. The summed E-state index contributed by atoms with van der Waals surface area (Å²) < 4.78 is 5.90. The summed E-state index contributed by atoms with van der Waals surface area (Å²) >= 11 is 7.54. The van der Waals surface area contributed by atoms with Crippen molar-refractivity contribution in [2.45, 2.75) is 32.5 Å². The van der Waals surface area contributed by atoms with Gasteiger partial charge in [0.05, 0.1) is 28.6 Å². The minimum Gasteiger partial charge on any atom is -0.275 e. The lowest BCUT2D eigenvalue weighted by atomic mass is 10.2. The van der Waals surface area contributed by atoms with Gasteiger partial charge in [-0.3, -0.25) is 9.47 Å². The van der Waals surface area contributed by atoms with Crippen molar-refractivity contribution in [3.8, 4) is 5.69 Å². The van der Waals surface area contributed by atoms with Gasteiger partial charge in [0.15, 0.2) is 0 Å². The molecule has 2 aromatic carbocycles. The summed E-state index contributed by atoms with van der Waals surface area (Å²) in [7, 11) is 0. The van der Waals surface area contributed by atoms with E-state index < -0.39 is 0 Å². The maximum Gasteiger partial charge on any atom is 0.203 e. The molecule has 5 rings (SSSR count). The molecule has 0 bridgehead atoms. The SMILES string of the molecule is Cc1ccccc1-n1cnn(CN2CCC[C@@H]2c2nc3ccccc3s2)c1=S. The van der Waals surface area contributed by atoms with E-state index in [2.05, 4.69) is 53.3 Å². The fourth-order valence-corrected chi connectivity index (χ4v) is 5.30. The average Bonchev–Trinajstić information content (AvgIpc) is 3.42. The van der Waals surface area contributed by atoms with E-state index in [9.17, 15) is 0 Å².